The van der Waals surface area contributed by atoms with Gasteiger partial charge in [0.05, 0.1) is 5.33 Å². The highest BCUT2D eigenvalue weighted by Crippen LogP contribution is 2.72. The van der Waals surface area contributed by atoms with Crippen LogP contribution in [0, 0.1) is 23.7 Å². The SMILES string of the molecule is BrCc1nnc(C2C3C4CCC(C4)C23)n1-c1ccccc1. The molecule has 0 spiro atoms. The summed E-state index contributed by atoms with van der Waals surface area (Å²) in [6.45, 7) is 0. The molecule has 4 heteroatoms. The van der Waals surface area contributed by atoms with Gasteiger partial charge in [-0.25, -0.2) is 0 Å². The summed E-state index contributed by atoms with van der Waals surface area (Å²) in [6.07, 6.45) is 4.39. The first-order chi connectivity index (χ1) is 10.4. The predicted octanol–water partition coefficient (Wildman–Crippen LogP) is 3.92. The lowest BCUT2D eigenvalue weighted by molar-refractivity contribution is 0.456. The number of hydrogen-bond acceptors (Lipinski definition) is 2. The molecule has 1 aromatic heterocycles. The van der Waals surface area contributed by atoms with Gasteiger partial charge in [-0.05, 0) is 55.1 Å². The van der Waals surface area contributed by atoms with E-state index in [1.165, 1.54) is 30.8 Å². The lowest BCUT2D eigenvalue weighted by Gasteiger charge is -2.12. The Labute approximate surface area is 132 Å². The van der Waals surface area contributed by atoms with Crippen LogP contribution in [0.5, 0.6) is 0 Å². The van der Waals surface area contributed by atoms with Crippen molar-refractivity contribution in [1.82, 2.24) is 14.8 Å². The third-order valence-electron chi connectivity index (χ3n) is 5.92. The van der Waals surface area contributed by atoms with Crippen LogP contribution in [0.15, 0.2) is 30.3 Å². The van der Waals surface area contributed by atoms with E-state index in [1.807, 2.05) is 0 Å². The van der Waals surface area contributed by atoms with Crippen molar-refractivity contribution in [3.8, 4) is 5.69 Å². The lowest BCUT2D eigenvalue weighted by atomic mass is 10.0. The molecule has 2 bridgehead atoms. The number of para-hydroxylation sites is 1. The van der Waals surface area contributed by atoms with Crippen molar-refractivity contribution < 1.29 is 0 Å². The van der Waals surface area contributed by atoms with Crippen LogP contribution in [0.25, 0.3) is 5.69 Å². The zero-order valence-corrected chi connectivity index (χ0v) is 13.4. The average Bonchev–Trinajstić information content (AvgIpc) is 2.90. The number of aromatic nitrogens is 3. The van der Waals surface area contributed by atoms with Crippen molar-refractivity contribution in [3.05, 3.63) is 42.0 Å². The second kappa shape index (κ2) is 4.42. The molecule has 108 valence electrons. The van der Waals surface area contributed by atoms with Gasteiger partial charge in [-0.3, -0.25) is 4.57 Å². The summed E-state index contributed by atoms with van der Waals surface area (Å²) in [5, 5.41) is 9.78. The van der Waals surface area contributed by atoms with Crippen molar-refractivity contribution in [1.29, 1.82) is 0 Å². The molecule has 1 aromatic carbocycles. The maximum atomic E-state index is 4.59. The minimum Gasteiger partial charge on any atom is -0.282 e. The highest BCUT2D eigenvalue weighted by atomic mass is 79.9. The second-order valence-corrected chi connectivity index (χ2v) is 7.35. The first kappa shape index (κ1) is 12.4. The maximum absolute atomic E-state index is 4.59. The minimum absolute atomic E-state index is 0.664. The van der Waals surface area contributed by atoms with Crippen molar-refractivity contribution >= 4 is 15.9 Å². The third kappa shape index (κ3) is 1.65. The van der Waals surface area contributed by atoms with Crippen LogP contribution in [0.1, 0.15) is 36.8 Å². The van der Waals surface area contributed by atoms with E-state index < -0.39 is 0 Å². The molecule has 0 N–H and O–H groups in total. The number of hydrogen-bond donors (Lipinski definition) is 0. The topological polar surface area (TPSA) is 30.7 Å². The number of nitrogens with zero attached hydrogens (tertiary/aromatic N) is 3. The Hall–Kier alpha value is -1.16. The van der Waals surface area contributed by atoms with Crippen LogP contribution in [0.3, 0.4) is 0 Å². The van der Waals surface area contributed by atoms with Gasteiger partial charge in [0, 0.05) is 11.6 Å². The van der Waals surface area contributed by atoms with E-state index in [2.05, 4.69) is 61.0 Å². The van der Waals surface area contributed by atoms with Gasteiger partial charge >= 0.3 is 0 Å². The van der Waals surface area contributed by atoms with Crippen molar-refractivity contribution in [2.45, 2.75) is 30.5 Å². The molecular formula is C17H18BrN3. The van der Waals surface area contributed by atoms with Crippen molar-refractivity contribution in [2.24, 2.45) is 23.7 Å². The van der Waals surface area contributed by atoms with Gasteiger partial charge in [0.2, 0.25) is 0 Å². The smallest absolute Gasteiger partial charge is 0.148 e. The second-order valence-electron chi connectivity index (χ2n) is 6.79. The lowest BCUT2D eigenvalue weighted by Crippen LogP contribution is -2.07. The first-order valence-corrected chi connectivity index (χ1v) is 9.06. The summed E-state index contributed by atoms with van der Waals surface area (Å²) in [5.74, 6) is 6.64. The van der Waals surface area contributed by atoms with E-state index in [9.17, 15) is 0 Å². The fourth-order valence-corrected chi connectivity index (χ4v) is 5.52. The Bertz CT molecular complexity index is 665. The third-order valence-corrected chi connectivity index (χ3v) is 6.42. The van der Waals surface area contributed by atoms with Gasteiger partial charge in [-0.15, -0.1) is 10.2 Å². The number of alkyl halides is 1. The highest BCUT2D eigenvalue weighted by Gasteiger charge is 2.66. The zero-order valence-electron chi connectivity index (χ0n) is 11.8. The van der Waals surface area contributed by atoms with Crippen molar-refractivity contribution in [3.63, 3.8) is 0 Å². The van der Waals surface area contributed by atoms with Gasteiger partial charge in [-0.2, -0.15) is 0 Å². The molecule has 5 rings (SSSR count). The summed E-state index contributed by atoms with van der Waals surface area (Å²) in [6, 6.07) is 10.6. The Kier molecular flexibility index (Phi) is 2.61. The molecule has 4 atom stereocenters. The fourth-order valence-electron chi connectivity index (χ4n) is 5.16. The summed E-state index contributed by atoms with van der Waals surface area (Å²) in [7, 11) is 0. The Morgan fingerprint density at radius 1 is 1.05 bits per heavy atom. The molecule has 3 aliphatic carbocycles. The van der Waals surface area contributed by atoms with Crippen LogP contribution in [-0.4, -0.2) is 14.8 Å². The predicted molar refractivity (Wildman–Crippen MR) is 84.5 cm³/mol. The van der Waals surface area contributed by atoms with Gasteiger partial charge in [0.15, 0.2) is 0 Å². The molecule has 0 aliphatic heterocycles. The molecule has 0 amide bonds. The molecule has 0 radical (unpaired) electrons. The zero-order chi connectivity index (χ0) is 14.0. The Morgan fingerprint density at radius 3 is 2.43 bits per heavy atom. The average molecular weight is 344 g/mol. The largest absolute Gasteiger partial charge is 0.282 e. The maximum Gasteiger partial charge on any atom is 0.148 e. The summed E-state index contributed by atoms with van der Waals surface area (Å²) < 4.78 is 2.29. The number of benzene rings is 1. The van der Waals surface area contributed by atoms with E-state index in [0.29, 0.717) is 5.92 Å². The highest BCUT2D eigenvalue weighted by molar-refractivity contribution is 9.08. The molecule has 1 heterocycles. The van der Waals surface area contributed by atoms with Gasteiger partial charge < -0.3 is 0 Å². The first-order valence-electron chi connectivity index (χ1n) is 7.94. The molecule has 3 saturated carbocycles. The van der Waals surface area contributed by atoms with Crippen LogP contribution in [-0.2, 0) is 5.33 Å². The van der Waals surface area contributed by atoms with E-state index in [-0.39, 0.29) is 0 Å². The van der Waals surface area contributed by atoms with Crippen LogP contribution < -0.4 is 0 Å². The fraction of sp³-hybridized carbons (Fsp3) is 0.529. The van der Waals surface area contributed by atoms with E-state index in [4.69, 9.17) is 0 Å². The van der Waals surface area contributed by atoms with E-state index in [1.54, 1.807) is 0 Å². The molecule has 3 aliphatic rings. The molecule has 0 saturated heterocycles. The molecule has 4 unspecified atom stereocenters. The molecule has 3 nitrogen and oxygen atoms in total. The molecule has 3 fully saturated rings. The van der Waals surface area contributed by atoms with Gasteiger partial charge in [-0.1, -0.05) is 34.1 Å². The summed E-state index contributed by atoms with van der Waals surface area (Å²) in [5.41, 5.74) is 1.20. The van der Waals surface area contributed by atoms with Crippen LogP contribution in [0.2, 0.25) is 0 Å². The minimum atomic E-state index is 0.664. The van der Waals surface area contributed by atoms with Gasteiger partial charge in [0.1, 0.15) is 11.6 Å². The molecular weight excluding hydrogens is 326 g/mol. The standard InChI is InChI=1S/C17H18BrN3/c18-9-13-19-20-17(21(13)12-4-2-1-3-5-12)16-14-10-6-7-11(8-10)15(14)16/h1-5,10-11,14-16H,6-9H2. The monoisotopic (exact) mass is 343 g/mol. The quantitative estimate of drug-likeness (QED) is 0.790. The number of rotatable bonds is 3. The van der Waals surface area contributed by atoms with E-state index in [0.717, 1.165) is 34.8 Å². The van der Waals surface area contributed by atoms with Crippen molar-refractivity contribution in [2.75, 3.05) is 0 Å². The van der Waals surface area contributed by atoms with Crippen LogP contribution >= 0.6 is 15.9 Å². The normalized spacial score (nSPS) is 36.0. The molecule has 2 aromatic rings. The number of halogens is 1. The number of fused-ring (bicyclic) bond motifs is 5. The van der Waals surface area contributed by atoms with Gasteiger partial charge in [0.25, 0.3) is 0 Å². The summed E-state index contributed by atoms with van der Waals surface area (Å²) in [4.78, 5) is 0. The van der Waals surface area contributed by atoms with Crippen LogP contribution in [0.4, 0.5) is 0 Å². The Balaban J connectivity index is 1.58. The summed E-state index contributed by atoms with van der Waals surface area (Å²) >= 11 is 3.56. The van der Waals surface area contributed by atoms with E-state index >= 15 is 0 Å². The Morgan fingerprint density at radius 2 is 1.76 bits per heavy atom. The molecule has 21 heavy (non-hydrogen) atoms.